The fourth-order valence-electron chi connectivity index (χ4n) is 2.41. The molecule has 174 valence electrons. The van der Waals surface area contributed by atoms with Crippen LogP contribution in [0.5, 0.6) is 0 Å². The molecule has 0 radical (unpaired) electrons. The van der Waals surface area contributed by atoms with E-state index in [4.69, 9.17) is 14.3 Å². The first-order valence-electron chi connectivity index (χ1n) is 10.6. The lowest BCUT2D eigenvalue weighted by atomic mass is 10.0. The molecule has 0 heterocycles. The zero-order valence-corrected chi connectivity index (χ0v) is 20.5. The fraction of sp³-hybridized carbons (Fsp3) is 0.423. The monoisotopic (exact) mass is 431 g/mol. The maximum absolute atomic E-state index is 9.54. The Morgan fingerprint density at radius 3 is 2.19 bits per heavy atom. The highest BCUT2D eigenvalue weighted by Gasteiger charge is 2.08. The Kier molecular flexibility index (Phi) is 18.8. The number of benzene rings is 1. The van der Waals surface area contributed by atoms with Crippen molar-refractivity contribution in [2.45, 2.75) is 60.7 Å². The smallest absolute Gasteiger partial charge is 0.123 e. The van der Waals surface area contributed by atoms with Crippen LogP contribution in [-0.4, -0.2) is 32.2 Å². The van der Waals surface area contributed by atoms with Gasteiger partial charge in [-0.1, -0.05) is 51.1 Å². The maximum Gasteiger partial charge on any atom is 0.123 e. The average molecular weight is 432 g/mol. The lowest BCUT2D eigenvalue weighted by molar-refractivity contribution is -0.0980. The second-order valence-corrected chi connectivity index (χ2v) is 6.26. The van der Waals surface area contributed by atoms with Gasteiger partial charge < -0.3 is 24.7 Å². The molecule has 0 amide bonds. The molecule has 0 saturated carbocycles. The van der Waals surface area contributed by atoms with E-state index in [1.807, 2.05) is 66.0 Å². The molecular formula is C26H41NO4. The number of hydrogen-bond acceptors (Lipinski definition) is 5. The molecule has 1 atom stereocenters. The van der Waals surface area contributed by atoms with Crippen LogP contribution in [0.1, 0.15) is 59.1 Å². The molecule has 0 fully saturated rings. The summed E-state index contributed by atoms with van der Waals surface area (Å²) in [6, 6.07) is 8.26. The SMILES string of the molecule is C/C=C(OC)\C(=C/NC)c1ccc(CO/C(=C/C=C(/C)C(C)O)CC)cc1.C=O.CC. The predicted molar refractivity (Wildman–Crippen MR) is 131 cm³/mol. The van der Waals surface area contributed by atoms with Gasteiger partial charge in [0.1, 0.15) is 19.2 Å². The minimum atomic E-state index is -0.444. The van der Waals surface area contributed by atoms with Crippen molar-refractivity contribution in [1.82, 2.24) is 5.32 Å². The van der Waals surface area contributed by atoms with Crippen molar-refractivity contribution in [3.05, 3.63) is 76.9 Å². The van der Waals surface area contributed by atoms with Crippen LogP contribution < -0.4 is 5.32 Å². The largest absolute Gasteiger partial charge is 0.496 e. The van der Waals surface area contributed by atoms with Crippen LogP contribution >= 0.6 is 0 Å². The molecule has 5 nitrogen and oxygen atoms in total. The van der Waals surface area contributed by atoms with Gasteiger partial charge in [0.05, 0.1) is 19.0 Å². The zero-order valence-electron chi connectivity index (χ0n) is 20.5. The third-order valence-corrected chi connectivity index (χ3v) is 4.26. The van der Waals surface area contributed by atoms with Gasteiger partial charge in [-0.15, -0.1) is 0 Å². The molecule has 0 aliphatic carbocycles. The number of aliphatic hydroxyl groups excluding tert-OH is 1. The summed E-state index contributed by atoms with van der Waals surface area (Å²) in [5.74, 6) is 1.72. The van der Waals surface area contributed by atoms with E-state index in [0.717, 1.165) is 40.2 Å². The van der Waals surface area contributed by atoms with E-state index < -0.39 is 6.10 Å². The van der Waals surface area contributed by atoms with Crippen LogP contribution in [-0.2, 0) is 20.9 Å². The first-order valence-corrected chi connectivity index (χ1v) is 10.6. The Morgan fingerprint density at radius 1 is 1.19 bits per heavy atom. The molecule has 1 aromatic rings. The molecule has 1 unspecified atom stereocenters. The maximum atomic E-state index is 9.54. The van der Waals surface area contributed by atoms with Gasteiger partial charge in [-0.05, 0) is 49.6 Å². The molecule has 0 aliphatic rings. The summed E-state index contributed by atoms with van der Waals surface area (Å²) in [7, 11) is 3.55. The highest BCUT2D eigenvalue weighted by Crippen LogP contribution is 2.24. The molecule has 0 aromatic heterocycles. The fourth-order valence-corrected chi connectivity index (χ4v) is 2.41. The third kappa shape index (κ3) is 11.8. The number of hydrogen-bond donors (Lipinski definition) is 2. The number of allylic oxidation sites excluding steroid dienone is 5. The van der Waals surface area contributed by atoms with Gasteiger partial charge in [-0.3, -0.25) is 0 Å². The van der Waals surface area contributed by atoms with Gasteiger partial charge in [-0.25, -0.2) is 0 Å². The number of methoxy groups -OCH3 is 1. The van der Waals surface area contributed by atoms with Crippen LogP contribution in [0.3, 0.4) is 0 Å². The summed E-state index contributed by atoms with van der Waals surface area (Å²) in [5.41, 5.74) is 4.08. The summed E-state index contributed by atoms with van der Waals surface area (Å²) in [6.07, 6.45) is 8.07. The van der Waals surface area contributed by atoms with E-state index >= 15 is 0 Å². The Bertz CT molecular complexity index is 713. The minimum absolute atomic E-state index is 0.444. The topological polar surface area (TPSA) is 67.8 Å². The minimum Gasteiger partial charge on any atom is -0.496 e. The standard InChI is InChI=1S/C23H33NO3.C2H6.CH2O/c1-7-21(14-9-17(3)18(4)25)27-16-19-10-12-20(13-11-19)22(15-24-5)23(8-2)26-6;2*1-2/h8-15,18,24-25H,7,16H2,1-6H3;1-2H3;1H2/b17-9-,21-14+,22-15-,23-8+;;. The van der Waals surface area contributed by atoms with Crippen molar-refractivity contribution in [1.29, 1.82) is 0 Å². The second-order valence-electron chi connectivity index (χ2n) is 6.26. The summed E-state index contributed by atoms with van der Waals surface area (Å²) >= 11 is 0. The van der Waals surface area contributed by atoms with Gasteiger partial charge in [-0.2, -0.15) is 0 Å². The molecule has 5 heteroatoms. The Hall–Kier alpha value is -2.79. The summed E-state index contributed by atoms with van der Waals surface area (Å²) in [4.78, 5) is 8.00. The number of rotatable bonds is 10. The lowest BCUT2D eigenvalue weighted by Gasteiger charge is -2.13. The van der Waals surface area contributed by atoms with Crippen molar-refractivity contribution in [3.63, 3.8) is 0 Å². The molecule has 0 bridgehead atoms. The number of ether oxygens (including phenoxy) is 2. The van der Waals surface area contributed by atoms with Gasteiger partial charge >= 0.3 is 0 Å². The number of carbonyl (C=O) groups is 1. The number of carbonyl (C=O) groups excluding carboxylic acids is 1. The molecule has 2 N–H and O–H groups in total. The molecule has 0 spiro atoms. The van der Waals surface area contributed by atoms with Crippen molar-refractivity contribution >= 4 is 12.4 Å². The van der Waals surface area contributed by atoms with Crippen molar-refractivity contribution in [2.75, 3.05) is 14.2 Å². The number of aliphatic hydroxyl groups is 1. The van der Waals surface area contributed by atoms with Crippen LogP contribution in [0.4, 0.5) is 0 Å². The normalized spacial score (nSPS) is 13.2. The van der Waals surface area contributed by atoms with Crippen LogP contribution in [0.2, 0.25) is 0 Å². The van der Waals surface area contributed by atoms with Crippen molar-refractivity contribution in [3.8, 4) is 0 Å². The summed E-state index contributed by atoms with van der Waals surface area (Å²) in [5, 5.41) is 12.6. The van der Waals surface area contributed by atoms with Crippen LogP contribution in [0.25, 0.3) is 5.57 Å². The van der Waals surface area contributed by atoms with E-state index in [2.05, 4.69) is 36.5 Å². The predicted octanol–water partition coefficient (Wildman–Crippen LogP) is 5.78. The Morgan fingerprint density at radius 2 is 1.77 bits per heavy atom. The molecule has 1 rings (SSSR count). The second kappa shape index (κ2) is 19.2. The number of nitrogens with one attached hydrogen (secondary N) is 1. The lowest BCUT2D eigenvalue weighted by Crippen LogP contribution is -2.01. The van der Waals surface area contributed by atoms with Gasteiger partial charge in [0, 0.05) is 25.2 Å². The Balaban J connectivity index is 0. The quantitative estimate of drug-likeness (QED) is 0.363. The summed E-state index contributed by atoms with van der Waals surface area (Å²) < 4.78 is 11.4. The molecule has 31 heavy (non-hydrogen) atoms. The van der Waals surface area contributed by atoms with E-state index in [1.165, 1.54) is 0 Å². The Labute approximate surface area is 189 Å². The van der Waals surface area contributed by atoms with E-state index in [9.17, 15) is 5.11 Å². The first kappa shape index (κ1) is 30.4. The molecule has 0 saturated heterocycles. The van der Waals surface area contributed by atoms with E-state index in [-0.39, 0.29) is 0 Å². The van der Waals surface area contributed by atoms with Gasteiger partial charge in [0.15, 0.2) is 0 Å². The highest BCUT2D eigenvalue weighted by atomic mass is 16.5. The van der Waals surface area contributed by atoms with Gasteiger partial charge in [0.25, 0.3) is 0 Å². The summed E-state index contributed by atoms with van der Waals surface area (Å²) in [6.45, 7) is 14.2. The first-order chi connectivity index (χ1) is 15.0. The average Bonchev–Trinajstić information content (AvgIpc) is 2.82. The van der Waals surface area contributed by atoms with E-state index in [0.29, 0.717) is 6.61 Å². The van der Waals surface area contributed by atoms with Crippen molar-refractivity contribution < 1.29 is 19.4 Å². The molecule has 1 aromatic carbocycles. The van der Waals surface area contributed by atoms with Crippen molar-refractivity contribution in [2.24, 2.45) is 0 Å². The van der Waals surface area contributed by atoms with Crippen LogP contribution in [0, 0.1) is 0 Å². The van der Waals surface area contributed by atoms with E-state index in [1.54, 1.807) is 14.0 Å². The zero-order chi connectivity index (χ0) is 24.2. The third-order valence-electron chi connectivity index (χ3n) is 4.26. The highest BCUT2D eigenvalue weighted by molar-refractivity contribution is 5.76. The van der Waals surface area contributed by atoms with Crippen LogP contribution in [0.15, 0.2) is 65.8 Å². The molecular weight excluding hydrogens is 390 g/mol. The van der Waals surface area contributed by atoms with Gasteiger partial charge in [0.2, 0.25) is 0 Å². The molecule has 0 aliphatic heterocycles.